The van der Waals surface area contributed by atoms with Crippen molar-refractivity contribution in [2.75, 3.05) is 0 Å². The van der Waals surface area contributed by atoms with Crippen LogP contribution in [0.4, 0.5) is 4.20 Å². The number of imidazole rings is 2. The minimum absolute atomic E-state index is 1.01. The van der Waals surface area contributed by atoms with Gasteiger partial charge in [0.2, 0.25) is 0 Å². The minimum Gasteiger partial charge on any atom is -0.786 e. The normalized spacial score (nSPS) is 10.6. The van der Waals surface area contributed by atoms with Gasteiger partial charge >= 0.3 is 0 Å². The molecular weight excluding hydrogens is 442 g/mol. The van der Waals surface area contributed by atoms with Gasteiger partial charge in [0, 0.05) is 0 Å². The van der Waals surface area contributed by atoms with E-state index in [0.717, 1.165) is 13.1 Å². The lowest BCUT2D eigenvalue weighted by molar-refractivity contribution is -0.659. The molecule has 0 aliphatic carbocycles. The Kier molecular flexibility index (Phi) is 9.73. The second kappa shape index (κ2) is 12.3. The summed E-state index contributed by atoms with van der Waals surface area (Å²) in [7, 11) is -1.48. The van der Waals surface area contributed by atoms with Crippen molar-refractivity contribution in [3.05, 3.63) is 85.5 Å². The van der Waals surface area contributed by atoms with E-state index in [2.05, 4.69) is 120 Å². The highest BCUT2D eigenvalue weighted by molar-refractivity contribution is 7.42. The van der Waals surface area contributed by atoms with Crippen molar-refractivity contribution in [1.29, 1.82) is 0 Å². The van der Waals surface area contributed by atoms with Gasteiger partial charge in [0.1, 0.15) is 32.7 Å². The summed E-state index contributed by atoms with van der Waals surface area (Å²) in [5.41, 5.74) is 2.53. The first-order valence-corrected chi connectivity index (χ1v) is 12.0. The van der Waals surface area contributed by atoms with E-state index in [9.17, 15) is 4.20 Å². The van der Waals surface area contributed by atoms with Crippen molar-refractivity contribution in [1.82, 2.24) is 9.13 Å². The summed E-state index contributed by atoms with van der Waals surface area (Å²) in [4.78, 5) is 16.9. The summed E-state index contributed by atoms with van der Waals surface area (Å²) in [6.45, 7) is 6.33. The molecule has 2 heterocycles. The maximum atomic E-state index is 10.1. The second-order valence-electron chi connectivity index (χ2n) is 7.20. The highest BCUT2D eigenvalue weighted by Gasteiger charge is 2.15. The fourth-order valence-corrected chi connectivity index (χ4v) is 3.47. The molecular formula is C24H30FN4O3P. The highest BCUT2D eigenvalue weighted by atomic mass is 31.2. The van der Waals surface area contributed by atoms with E-state index in [1.54, 1.807) is 0 Å². The highest BCUT2D eigenvalue weighted by Crippen LogP contribution is 2.22. The van der Waals surface area contributed by atoms with Crippen LogP contribution in [-0.4, -0.2) is 9.13 Å². The number of benzene rings is 2. The molecule has 7 nitrogen and oxygen atoms in total. The molecule has 2 aromatic heterocycles. The molecule has 4 aromatic rings. The standard InChI is InChI=1S/2C12H15N2.FH2O3P/c2*1-3-14-10-9-13(2)12(14)11-7-5-4-6-8-11;1-5(2,3)4/h2*4-10H,3H2,1-2H3;(H2,2,3,4)/q2*+1;/p-2. The fraction of sp³-hybridized carbons (Fsp3) is 0.250. The van der Waals surface area contributed by atoms with Gasteiger partial charge < -0.3 is 14.4 Å². The molecule has 0 N–H and O–H groups in total. The molecule has 176 valence electrons. The number of hydrogen-bond donors (Lipinski definition) is 0. The first-order chi connectivity index (χ1) is 15.7. The maximum Gasteiger partial charge on any atom is 0.288 e. The van der Waals surface area contributed by atoms with Gasteiger partial charge in [-0.3, -0.25) is 0 Å². The molecule has 0 aliphatic heterocycles. The second-order valence-corrected chi connectivity index (χ2v) is 8.06. The lowest BCUT2D eigenvalue weighted by Gasteiger charge is -2.15. The average Bonchev–Trinajstić information content (AvgIpc) is 3.36. The van der Waals surface area contributed by atoms with Gasteiger partial charge in [-0.2, -0.15) is 0 Å². The molecule has 0 atom stereocenters. The number of hydrogen-bond acceptors (Lipinski definition) is 3. The zero-order valence-electron chi connectivity index (χ0n) is 19.3. The van der Waals surface area contributed by atoms with E-state index >= 15 is 0 Å². The van der Waals surface area contributed by atoms with Crippen molar-refractivity contribution in [3.8, 4) is 22.8 Å². The maximum absolute atomic E-state index is 10.1. The van der Waals surface area contributed by atoms with Crippen LogP contribution < -0.4 is 18.9 Å². The zero-order chi connectivity index (χ0) is 24.4. The lowest BCUT2D eigenvalue weighted by Crippen LogP contribution is -2.28. The molecule has 0 bridgehead atoms. The Labute approximate surface area is 194 Å². The summed E-state index contributed by atoms with van der Waals surface area (Å²) in [6.07, 6.45) is 8.41. The Bertz CT molecular complexity index is 1080. The van der Waals surface area contributed by atoms with E-state index in [1.165, 1.54) is 22.8 Å². The largest absolute Gasteiger partial charge is 0.786 e. The lowest BCUT2D eigenvalue weighted by atomic mass is 10.2. The van der Waals surface area contributed by atoms with Crippen molar-refractivity contribution in [3.63, 3.8) is 0 Å². The van der Waals surface area contributed by atoms with Crippen LogP contribution in [0.25, 0.3) is 22.8 Å². The smallest absolute Gasteiger partial charge is 0.288 e. The van der Waals surface area contributed by atoms with Crippen LogP contribution in [-0.2, 0) is 31.7 Å². The Balaban J connectivity index is 0.000000195. The van der Waals surface area contributed by atoms with Crippen LogP contribution in [0.15, 0.2) is 85.5 Å². The molecule has 0 unspecified atom stereocenters. The number of aryl methyl sites for hydroxylation is 4. The molecule has 4 rings (SSSR count). The number of aromatic nitrogens is 4. The fourth-order valence-electron chi connectivity index (χ4n) is 3.47. The summed E-state index contributed by atoms with van der Waals surface area (Å²) in [5.74, 6) is 2.52. The third kappa shape index (κ3) is 8.09. The van der Waals surface area contributed by atoms with Gasteiger partial charge in [0.25, 0.3) is 11.6 Å². The van der Waals surface area contributed by atoms with E-state index in [0.29, 0.717) is 0 Å². The van der Waals surface area contributed by atoms with E-state index < -0.39 is 7.91 Å². The monoisotopic (exact) mass is 472 g/mol. The van der Waals surface area contributed by atoms with Gasteiger partial charge in [-0.25, -0.2) is 22.5 Å². The third-order valence-corrected chi connectivity index (χ3v) is 4.90. The van der Waals surface area contributed by atoms with Crippen LogP contribution in [0.2, 0.25) is 0 Å². The average molecular weight is 473 g/mol. The third-order valence-electron chi connectivity index (χ3n) is 4.90. The Hall–Kier alpha value is -3.06. The summed E-state index contributed by atoms with van der Waals surface area (Å²) in [6, 6.07) is 20.9. The Morgan fingerprint density at radius 2 is 1.06 bits per heavy atom. The molecule has 33 heavy (non-hydrogen) atoms. The van der Waals surface area contributed by atoms with Gasteiger partial charge in [0.15, 0.2) is 0 Å². The topological polar surface area (TPSA) is 80.8 Å². The zero-order valence-corrected chi connectivity index (χ0v) is 20.2. The van der Waals surface area contributed by atoms with Gasteiger partial charge in [-0.05, 0) is 38.1 Å². The van der Waals surface area contributed by atoms with Crippen LogP contribution >= 0.6 is 7.91 Å². The number of rotatable bonds is 4. The van der Waals surface area contributed by atoms with Crippen molar-refractivity contribution in [2.45, 2.75) is 26.9 Å². The van der Waals surface area contributed by atoms with Crippen molar-refractivity contribution >= 4 is 7.91 Å². The van der Waals surface area contributed by atoms with E-state index in [1.807, 2.05) is 12.1 Å². The molecule has 9 heteroatoms. The van der Waals surface area contributed by atoms with Crippen LogP contribution in [0.1, 0.15) is 13.8 Å². The van der Waals surface area contributed by atoms with Gasteiger partial charge in [-0.1, -0.05) is 36.4 Å². The Morgan fingerprint density at radius 1 is 0.758 bits per heavy atom. The predicted octanol–water partition coefficient (Wildman–Crippen LogP) is 2.78. The Morgan fingerprint density at radius 3 is 1.33 bits per heavy atom. The predicted molar refractivity (Wildman–Crippen MR) is 122 cm³/mol. The SMILES string of the molecule is CCn1cc[n+](C)c1-c1ccccc1.CCn1cc[n+](C)c1-c1ccccc1.O=P([O-])([O-])F. The molecule has 0 fully saturated rings. The molecule has 0 radical (unpaired) electrons. The quantitative estimate of drug-likeness (QED) is 0.338. The van der Waals surface area contributed by atoms with Crippen molar-refractivity contribution in [2.24, 2.45) is 14.1 Å². The first-order valence-electron chi connectivity index (χ1n) is 10.6. The molecule has 0 spiro atoms. The van der Waals surface area contributed by atoms with Gasteiger partial charge in [0.05, 0.1) is 38.3 Å². The molecule has 0 saturated heterocycles. The van der Waals surface area contributed by atoms with E-state index in [4.69, 9.17) is 14.4 Å². The van der Waals surface area contributed by atoms with Crippen LogP contribution in [0.3, 0.4) is 0 Å². The molecule has 0 aliphatic rings. The molecule has 2 aromatic carbocycles. The van der Waals surface area contributed by atoms with Gasteiger partial charge in [-0.15, -0.1) is 0 Å². The number of halogens is 1. The summed E-state index contributed by atoms with van der Waals surface area (Å²) < 4.78 is 27.4. The molecule has 0 amide bonds. The van der Waals surface area contributed by atoms with E-state index in [-0.39, 0.29) is 0 Å². The molecule has 0 saturated carbocycles. The first kappa shape index (κ1) is 26.2. The minimum atomic E-state index is -5.64. The number of nitrogens with zero attached hydrogens (tertiary/aromatic N) is 4. The van der Waals surface area contributed by atoms with Crippen molar-refractivity contribution < 1.29 is 27.7 Å². The summed E-state index contributed by atoms with van der Waals surface area (Å²) >= 11 is 0. The van der Waals surface area contributed by atoms with Crippen LogP contribution in [0.5, 0.6) is 0 Å². The summed E-state index contributed by atoms with van der Waals surface area (Å²) in [5, 5.41) is 0. The van der Waals surface area contributed by atoms with Crippen LogP contribution in [0, 0.1) is 0 Å².